The summed E-state index contributed by atoms with van der Waals surface area (Å²) in [6.45, 7) is 3.08. The Morgan fingerprint density at radius 1 is 1.06 bits per heavy atom. The summed E-state index contributed by atoms with van der Waals surface area (Å²) in [4.78, 5) is 40.6. The Labute approximate surface area is 199 Å². The smallest absolute Gasteiger partial charge is 0.407 e. The van der Waals surface area contributed by atoms with Crippen LogP contribution < -0.4 is 5.32 Å². The van der Waals surface area contributed by atoms with Crippen LogP contribution in [0.2, 0.25) is 0 Å². The fourth-order valence-electron chi connectivity index (χ4n) is 4.89. The summed E-state index contributed by atoms with van der Waals surface area (Å²) in [6, 6.07) is 14.7. The third-order valence-corrected chi connectivity index (χ3v) is 6.76. The van der Waals surface area contributed by atoms with Crippen molar-refractivity contribution in [2.24, 2.45) is 0 Å². The summed E-state index contributed by atoms with van der Waals surface area (Å²) < 4.78 is 5.61. The molecule has 1 fully saturated rings. The van der Waals surface area contributed by atoms with Crippen molar-refractivity contribution in [1.29, 1.82) is 0 Å². The highest BCUT2D eigenvalue weighted by atomic mass is 16.5. The van der Waals surface area contributed by atoms with E-state index in [1.807, 2.05) is 31.2 Å². The molecule has 2 aromatic carbocycles. The second-order valence-electron chi connectivity index (χ2n) is 8.93. The molecule has 2 aliphatic rings. The molecule has 34 heavy (non-hydrogen) atoms. The molecule has 1 aliphatic heterocycles. The number of ether oxygens (including phenoxy) is 1. The van der Waals surface area contributed by atoms with Crippen molar-refractivity contribution < 1.29 is 24.2 Å². The minimum absolute atomic E-state index is 0.0626. The SMILES string of the molecule is CCCC(NC(=O)OCC1c2ccccc2-c2ccccc21)C(=O)N1CCN(C)C(C(=O)O)C1. The first kappa shape index (κ1) is 23.8. The van der Waals surface area contributed by atoms with Gasteiger partial charge in [-0.1, -0.05) is 61.9 Å². The number of rotatable bonds is 7. The van der Waals surface area contributed by atoms with E-state index in [2.05, 4.69) is 29.6 Å². The lowest BCUT2D eigenvalue weighted by molar-refractivity contribution is -0.148. The van der Waals surface area contributed by atoms with Crippen LogP contribution in [0.4, 0.5) is 4.79 Å². The van der Waals surface area contributed by atoms with Gasteiger partial charge in [-0.25, -0.2) is 4.79 Å². The first-order valence-corrected chi connectivity index (χ1v) is 11.7. The van der Waals surface area contributed by atoms with Crippen molar-refractivity contribution >= 4 is 18.0 Å². The molecule has 180 valence electrons. The van der Waals surface area contributed by atoms with Crippen molar-refractivity contribution in [2.75, 3.05) is 33.3 Å². The number of carbonyl (C=O) groups is 3. The molecule has 0 radical (unpaired) electrons. The van der Waals surface area contributed by atoms with Crippen molar-refractivity contribution in [3.05, 3.63) is 59.7 Å². The molecule has 2 amide bonds. The van der Waals surface area contributed by atoms with Crippen LogP contribution >= 0.6 is 0 Å². The standard InChI is InChI=1S/C26H31N3O5/c1-3-8-22(24(30)29-14-13-28(2)23(15-29)25(31)32)27-26(33)34-16-21-19-11-6-4-9-17(19)18-10-5-7-12-20(18)21/h4-7,9-12,21-23H,3,8,13-16H2,1-2H3,(H,27,33)(H,31,32). The molecule has 8 heteroatoms. The van der Waals surface area contributed by atoms with E-state index >= 15 is 0 Å². The van der Waals surface area contributed by atoms with Crippen molar-refractivity contribution in [3.63, 3.8) is 0 Å². The minimum atomic E-state index is -0.962. The number of nitrogens with zero attached hydrogens (tertiary/aromatic N) is 2. The summed E-state index contributed by atoms with van der Waals surface area (Å²) in [5, 5.41) is 12.2. The third-order valence-electron chi connectivity index (χ3n) is 6.76. The molecule has 0 aromatic heterocycles. The Kier molecular flexibility index (Phi) is 7.17. The Balaban J connectivity index is 1.40. The van der Waals surface area contributed by atoms with Gasteiger partial charge in [0.25, 0.3) is 0 Å². The largest absolute Gasteiger partial charge is 0.480 e. The van der Waals surface area contributed by atoms with Crippen molar-refractivity contribution in [1.82, 2.24) is 15.1 Å². The Morgan fingerprint density at radius 3 is 2.26 bits per heavy atom. The first-order chi connectivity index (χ1) is 16.4. The number of hydrogen-bond donors (Lipinski definition) is 2. The lowest BCUT2D eigenvalue weighted by Crippen LogP contribution is -2.59. The van der Waals surface area contributed by atoms with E-state index in [0.29, 0.717) is 25.9 Å². The fourth-order valence-corrected chi connectivity index (χ4v) is 4.89. The van der Waals surface area contributed by atoms with Crippen LogP contribution in [0.15, 0.2) is 48.5 Å². The minimum Gasteiger partial charge on any atom is -0.480 e. The molecule has 0 bridgehead atoms. The predicted molar refractivity (Wildman–Crippen MR) is 128 cm³/mol. The zero-order chi connectivity index (χ0) is 24.2. The number of hydrogen-bond acceptors (Lipinski definition) is 5. The molecule has 2 unspecified atom stereocenters. The van der Waals surface area contributed by atoms with Gasteiger partial charge in [-0.2, -0.15) is 0 Å². The highest BCUT2D eigenvalue weighted by Gasteiger charge is 2.35. The van der Waals surface area contributed by atoms with Gasteiger partial charge in [-0.05, 0) is 35.7 Å². The molecule has 8 nitrogen and oxygen atoms in total. The van der Waals surface area contributed by atoms with Crippen LogP contribution in [-0.4, -0.2) is 78.2 Å². The number of carbonyl (C=O) groups excluding carboxylic acids is 2. The average Bonchev–Trinajstić information content (AvgIpc) is 3.16. The summed E-state index contributed by atoms with van der Waals surface area (Å²) >= 11 is 0. The maximum absolute atomic E-state index is 13.1. The Hall–Kier alpha value is -3.39. The molecule has 1 heterocycles. The molecular formula is C26H31N3O5. The van der Waals surface area contributed by atoms with Gasteiger partial charge in [0.1, 0.15) is 18.7 Å². The monoisotopic (exact) mass is 465 g/mol. The molecule has 2 atom stereocenters. The Morgan fingerprint density at radius 2 is 1.68 bits per heavy atom. The molecule has 1 saturated heterocycles. The normalized spacial score (nSPS) is 18.6. The van der Waals surface area contributed by atoms with Gasteiger partial charge >= 0.3 is 12.1 Å². The highest BCUT2D eigenvalue weighted by molar-refractivity contribution is 5.87. The zero-order valence-electron chi connectivity index (χ0n) is 19.6. The number of aliphatic carboxylic acids is 1. The summed E-state index contributed by atoms with van der Waals surface area (Å²) in [5.41, 5.74) is 4.54. The number of likely N-dealkylation sites (N-methyl/N-ethyl adjacent to an activating group) is 1. The lowest BCUT2D eigenvalue weighted by atomic mass is 9.98. The maximum Gasteiger partial charge on any atom is 0.407 e. The molecule has 4 rings (SSSR count). The number of piperazine rings is 1. The van der Waals surface area contributed by atoms with Crippen molar-refractivity contribution in [2.45, 2.75) is 37.8 Å². The summed E-state index contributed by atoms with van der Waals surface area (Å²) in [5.74, 6) is -1.29. The van der Waals surface area contributed by atoms with Crippen LogP contribution in [0.5, 0.6) is 0 Å². The van der Waals surface area contributed by atoms with Gasteiger partial charge in [-0.15, -0.1) is 0 Å². The summed E-state index contributed by atoms with van der Waals surface area (Å²) in [7, 11) is 1.74. The van der Waals surface area contributed by atoms with E-state index < -0.39 is 24.1 Å². The fraction of sp³-hybridized carbons (Fsp3) is 0.423. The number of amides is 2. The number of carboxylic acids is 1. The number of alkyl carbamates (subject to hydrolysis) is 1. The van der Waals surface area contributed by atoms with E-state index in [0.717, 1.165) is 22.3 Å². The summed E-state index contributed by atoms with van der Waals surface area (Å²) in [6.07, 6.45) is 0.501. The second-order valence-corrected chi connectivity index (χ2v) is 8.93. The van der Waals surface area contributed by atoms with Crippen LogP contribution in [0.1, 0.15) is 36.8 Å². The quantitative estimate of drug-likeness (QED) is 0.652. The predicted octanol–water partition coefficient (Wildman–Crippen LogP) is 2.92. The van der Waals surface area contributed by atoms with Crippen LogP contribution in [0.25, 0.3) is 11.1 Å². The maximum atomic E-state index is 13.1. The number of carboxylic acid groups (broad SMARTS) is 1. The number of fused-ring (bicyclic) bond motifs is 3. The molecular weight excluding hydrogens is 434 g/mol. The van der Waals surface area contributed by atoms with Gasteiger partial charge in [0.05, 0.1) is 0 Å². The van der Waals surface area contributed by atoms with Gasteiger partial charge in [0.15, 0.2) is 0 Å². The van der Waals surface area contributed by atoms with Crippen molar-refractivity contribution in [3.8, 4) is 11.1 Å². The van der Waals surface area contributed by atoms with Gasteiger partial charge in [0.2, 0.25) is 5.91 Å². The third kappa shape index (κ3) is 4.77. The molecule has 2 aromatic rings. The second kappa shape index (κ2) is 10.3. The first-order valence-electron chi connectivity index (χ1n) is 11.7. The Bertz CT molecular complexity index is 1030. The van der Waals surface area contributed by atoms with E-state index in [1.165, 1.54) is 4.90 Å². The van der Waals surface area contributed by atoms with Crippen LogP contribution in [0, 0.1) is 0 Å². The van der Waals surface area contributed by atoms with Crippen LogP contribution in [0.3, 0.4) is 0 Å². The number of benzene rings is 2. The number of nitrogens with one attached hydrogen (secondary N) is 1. The zero-order valence-corrected chi connectivity index (χ0v) is 19.6. The van der Waals surface area contributed by atoms with E-state index in [1.54, 1.807) is 11.9 Å². The van der Waals surface area contributed by atoms with Crippen LogP contribution in [-0.2, 0) is 14.3 Å². The van der Waals surface area contributed by atoms with Gasteiger partial charge in [0, 0.05) is 25.6 Å². The van der Waals surface area contributed by atoms with E-state index in [4.69, 9.17) is 4.74 Å². The van der Waals surface area contributed by atoms with Gasteiger partial charge < -0.3 is 20.1 Å². The highest BCUT2D eigenvalue weighted by Crippen LogP contribution is 2.44. The molecule has 2 N–H and O–H groups in total. The van der Waals surface area contributed by atoms with E-state index in [-0.39, 0.29) is 25.0 Å². The van der Waals surface area contributed by atoms with Gasteiger partial charge in [-0.3, -0.25) is 14.5 Å². The average molecular weight is 466 g/mol. The molecule has 0 spiro atoms. The molecule has 0 saturated carbocycles. The lowest BCUT2D eigenvalue weighted by Gasteiger charge is -2.38. The topological polar surface area (TPSA) is 99.2 Å². The van der Waals surface area contributed by atoms with E-state index in [9.17, 15) is 19.5 Å². The molecule has 1 aliphatic carbocycles.